The van der Waals surface area contributed by atoms with E-state index in [1.54, 1.807) is 18.5 Å². The van der Waals surface area contributed by atoms with Crippen molar-refractivity contribution >= 4 is 56.6 Å². The van der Waals surface area contributed by atoms with Crippen molar-refractivity contribution in [3.63, 3.8) is 0 Å². The minimum atomic E-state index is -0.163. The van der Waals surface area contributed by atoms with Gasteiger partial charge in [-0.1, -0.05) is 102 Å². The lowest BCUT2D eigenvalue weighted by molar-refractivity contribution is 0.158. The molecule has 0 bridgehead atoms. The number of anilines is 2. The fraction of sp³-hybridized carbons (Fsp3) is 0.185. The number of rotatable bonds is 13. The van der Waals surface area contributed by atoms with Crippen molar-refractivity contribution in [2.24, 2.45) is 0 Å². The third-order valence-electron chi connectivity index (χ3n) is 12.4. The smallest absolute Gasteiger partial charge is 0.214 e. The number of hydrogen-bond acceptors (Lipinski definition) is 10. The van der Waals surface area contributed by atoms with Crippen LogP contribution < -0.4 is 21.5 Å². The van der Waals surface area contributed by atoms with E-state index in [1.165, 1.54) is 0 Å². The van der Waals surface area contributed by atoms with Crippen LogP contribution in [0, 0.1) is 6.92 Å². The van der Waals surface area contributed by atoms with Gasteiger partial charge in [-0.25, -0.2) is 19.9 Å². The maximum atomic E-state index is 14.1. The number of aromatic nitrogens is 6. The van der Waals surface area contributed by atoms with Gasteiger partial charge >= 0.3 is 0 Å². The minimum absolute atomic E-state index is 0.132. The van der Waals surface area contributed by atoms with Crippen LogP contribution in [-0.2, 0) is 13.0 Å². The first-order valence-electron chi connectivity index (χ1n) is 22.6. The molecular weight excluding hydrogens is 892 g/mol. The van der Waals surface area contributed by atoms with E-state index >= 15 is 0 Å². The molecule has 0 aliphatic carbocycles. The summed E-state index contributed by atoms with van der Waals surface area (Å²) in [4.78, 5) is 58.8. The normalized spacial score (nSPS) is 13.3. The van der Waals surface area contributed by atoms with Crippen LogP contribution in [0.25, 0.3) is 66.8 Å². The minimum Gasteiger partial charge on any atom is -0.379 e. The predicted octanol–water partition coefficient (Wildman–Crippen LogP) is 10.1. The fourth-order valence-corrected chi connectivity index (χ4v) is 9.34. The van der Waals surface area contributed by atoms with E-state index in [9.17, 15) is 9.59 Å². The zero-order valence-electron chi connectivity index (χ0n) is 37.6. The van der Waals surface area contributed by atoms with Gasteiger partial charge in [-0.15, -0.1) is 0 Å². The summed E-state index contributed by atoms with van der Waals surface area (Å²) in [7, 11) is 2.14. The Morgan fingerprint density at radius 3 is 1.82 bits per heavy atom. The van der Waals surface area contributed by atoms with Crippen LogP contribution in [0.15, 0.2) is 143 Å². The van der Waals surface area contributed by atoms with Crippen molar-refractivity contribution in [2.75, 3.05) is 56.9 Å². The standard InChI is InChI=1S/C54H48Cl2N10O2/c1-33-22-38(26-47(55)61-33)41-28-43-51(67)45(57-16-17-66-20-18-65(2)19-21-66)31-59-54(43)64-50(41)37-15-9-12-35(23-37)24-40-25-39(27-48(56)62-40)42-29-44-52(68)46(58-30-34-10-5-3-6-11-34)32-60-53(44)63-49(42)36-13-7-4-8-14-36/h3-15,22-23,25-29,31-32,57-58H,16-21,24,30H2,1-2H3,(H,59,64,67)(H,60,63,68). The molecule has 1 aliphatic heterocycles. The molecule has 68 heavy (non-hydrogen) atoms. The summed E-state index contributed by atoms with van der Waals surface area (Å²) in [6.07, 6.45) is 3.82. The summed E-state index contributed by atoms with van der Waals surface area (Å²) >= 11 is 13.4. The fourth-order valence-electron chi connectivity index (χ4n) is 8.87. The molecule has 7 heterocycles. The highest BCUT2D eigenvalue weighted by atomic mass is 35.5. The first kappa shape index (κ1) is 44.6. The first-order valence-corrected chi connectivity index (χ1v) is 23.4. The molecule has 1 aliphatic rings. The Kier molecular flexibility index (Phi) is 12.8. The quantitative estimate of drug-likeness (QED) is 0.0824. The van der Waals surface area contributed by atoms with Crippen molar-refractivity contribution in [3.05, 3.63) is 187 Å². The Balaban J connectivity index is 0.994. The Bertz CT molecular complexity index is 3410. The van der Waals surface area contributed by atoms with Gasteiger partial charge in [0.25, 0.3) is 0 Å². The van der Waals surface area contributed by atoms with Crippen LogP contribution in [0.4, 0.5) is 11.4 Å². The van der Waals surface area contributed by atoms with Crippen molar-refractivity contribution in [1.82, 2.24) is 39.7 Å². The summed E-state index contributed by atoms with van der Waals surface area (Å²) in [5, 5.41) is 8.23. The molecule has 12 nitrogen and oxygen atoms in total. The number of nitrogens with one attached hydrogen (secondary N) is 4. The van der Waals surface area contributed by atoms with E-state index in [1.807, 2.05) is 116 Å². The molecule has 3 aromatic carbocycles. The summed E-state index contributed by atoms with van der Waals surface area (Å²) in [5.41, 5.74) is 11.2. The van der Waals surface area contributed by atoms with Gasteiger partial charge in [-0.3, -0.25) is 14.5 Å². The number of aryl methyl sites for hydroxylation is 1. The molecule has 1 saturated heterocycles. The van der Waals surface area contributed by atoms with Gasteiger partial charge in [-0.2, -0.15) is 0 Å². The first-order chi connectivity index (χ1) is 33.1. The highest BCUT2D eigenvalue weighted by molar-refractivity contribution is 6.30. The van der Waals surface area contributed by atoms with Gasteiger partial charge in [0.2, 0.25) is 10.9 Å². The van der Waals surface area contributed by atoms with Crippen LogP contribution in [0.5, 0.6) is 0 Å². The summed E-state index contributed by atoms with van der Waals surface area (Å²) in [5.74, 6) is 0. The second kappa shape index (κ2) is 19.6. The molecule has 1 fully saturated rings. The summed E-state index contributed by atoms with van der Waals surface area (Å²) in [6, 6.07) is 39.3. The number of piperazine rings is 1. The van der Waals surface area contributed by atoms with Crippen LogP contribution in [0.1, 0.15) is 22.5 Å². The number of benzene rings is 3. The summed E-state index contributed by atoms with van der Waals surface area (Å²) in [6.45, 7) is 7.95. The number of likely N-dealkylation sites (N-methyl/N-ethyl adjacent to an activating group) is 1. The maximum absolute atomic E-state index is 14.1. The Morgan fingerprint density at radius 1 is 0.588 bits per heavy atom. The molecule has 9 aromatic rings. The van der Waals surface area contributed by atoms with Crippen molar-refractivity contribution in [2.45, 2.75) is 19.9 Å². The molecule has 0 amide bonds. The molecule has 0 unspecified atom stereocenters. The van der Waals surface area contributed by atoms with Gasteiger partial charge in [-0.05, 0) is 78.7 Å². The Hall–Kier alpha value is -7.22. The van der Waals surface area contributed by atoms with E-state index in [4.69, 9.17) is 38.2 Å². The van der Waals surface area contributed by atoms with Gasteiger partial charge in [0.15, 0.2) is 0 Å². The van der Waals surface area contributed by atoms with Crippen LogP contribution >= 0.6 is 23.2 Å². The molecule has 14 heteroatoms. The van der Waals surface area contributed by atoms with Crippen LogP contribution in [0.2, 0.25) is 10.3 Å². The molecule has 0 spiro atoms. The third-order valence-corrected chi connectivity index (χ3v) is 12.8. The van der Waals surface area contributed by atoms with Crippen LogP contribution in [-0.4, -0.2) is 86.0 Å². The molecule has 4 N–H and O–H groups in total. The van der Waals surface area contributed by atoms with E-state index < -0.39 is 0 Å². The molecule has 340 valence electrons. The predicted molar refractivity (Wildman–Crippen MR) is 276 cm³/mol. The van der Waals surface area contributed by atoms with Crippen LogP contribution in [0.3, 0.4) is 0 Å². The molecule has 0 radical (unpaired) electrons. The zero-order valence-corrected chi connectivity index (χ0v) is 39.1. The lowest BCUT2D eigenvalue weighted by Gasteiger charge is -2.32. The summed E-state index contributed by atoms with van der Waals surface area (Å²) < 4.78 is 0. The largest absolute Gasteiger partial charge is 0.379 e. The second-order valence-corrected chi connectivity index (χ2v) is 18.0. The van der Waals surface area contributed by atoms with Gasteiger partial charge in [0.05, 0.1) is 33.5 Å². The van der Waals surface area contributed by atoms with Gasteiger partial charge in [0, 0.05) is 98.3 Å². The maximum Gasteiger partial charge on any atom is 0.214 e. The number of H-pyrrole nitrogens is 2. The number of aromatic amines is 2. The molecule has 10 rings (SSSR count). The number of fused-ring (bicyclic) bond motifs is 2. The second-order valence-electron chi connectivity index (χ2n) is 17.3. The SMILES string of the molecule is Cc1cc(-c2cc3c(=O)c(NCCN4CCN(C)CC4)c[nH]c3nc2-c2cccc(Cc3cc(-c4cc5c(=O)c(NCc6ccccc6)c[nH]c5nc4-c4ccccc4)cc(Cl)n3)c2)cc(Cl)n1. The van der Waals surface area contributed by atoms with E-state index in [2.05, 4.69) is 48.5 Å². The Labute approximate surface area is 403 Å². The van der Waals surface area contributed by atoms with Gasteiger partial charge in [0.1, 0.15) is 21.6 Å². The highest BCUT2D eigenvalue weighted by Gasteiger charge is 2.20. The molecule has 6 aromatic heterocycles. The monoisotopic (exact) mass is 938 g/mol. The average molecular weight is 940 g/mol. The molecular formula is C54H48Cl2N10O2. The number of pyridine rings is 6. The number of hydrogen-bond donors (Lipinski definition) is 4. The molecule has 0 atom stereocenters. The average Bonchev–Trinajstić information content (AvgIpc) is 3.34. The van der Waals surface area contributed by atoms with Crippen molar-refractivity contribution < 1.29 is 0 Å². The number of halogens is 2. The van der Waals surface area contributed by atoms with Crippen molar-refractivity contribution in [1.29, 1.82) is 0 Å². The number of nitrogens with zero attached hydrogens (tertiary/aromatic N) is 6. The van der Waals surface area contributed by atoms with E-state index in [-0.39, 0.29) is 10.9 Å². The lowest BCUT2D eigenvalue weighted by Crippen LogP contribution is -2.45. The van der Waals surface area contributed by atoms with Crippen molar-refractivity contribution in [3.8, 4) is 44.8 Å². The lowest BCUT2D eigenvalue weighted by atomic mass is 9.95. The highest BCUT2D eigenvalue weighted by Crippen LogP contribution is 2.37. The zero-order chi connectivity index (χ0) is 46.7. The molecule has 0 saturated carbocycles. The van der Waals surface area contributed by atoms with Gasteiger partial charge < -0.3 is 25.5 Å². The third kappa shape index (κ3) is 9.76. The van der Waals surface area contributed by atoms with E-state index in [0.717, 1.165) is 88.6 Å². The van der Waals surface area contributed by atoms with E-state index in [0.29, 0.717) is 74.6 Å². The Morgan fingerprint density at radius 2 is 1.16 bits per heavy atom. The topological polar surface area (TPSA) is 148 Å².